The minimum absolute atomic E-state index is 0.0178. The molecule has 0 atom stereocenters. The average molecular weight is 236 g/mol. The lowest BCUT2D eigenvalue weighted by Crippen LogP contribution is -2.13. The fourth-order valence-electron chi connectivity index (χ4n) is 1.49. The van der Waals surface area contributed by atoms with E-state index in [1.165, 1.54) is 0 Å². The Bertz CT molecular complexity index is 562. The molecule has 0 saturated heterocycles. The van der Waals surface area contributed by atoms with Crippen LogP contribution in [-0.4, -0.2) is 19.7 Å². The summed E-state index contributed by atoms with van der Waals surface area (Å²) >= 11 is 0. The summed E-state index contributed by atoms with van der Waals surface area (Å²) in [6.07, 6.45) is 1.64. The van der Waals surface area contributed by atoms with Gasteiger partial charge in [-0.25, -0.2) is 20.2 Å². The van der Waals surface area contributed by atoms with Crippen molar-refractivity contribution in [3.05, 3.63) is 23.4 Å². The van der Waals surface area contributed by atoms with E-state index >= 15 is 0 Å². The maximum absolute atomic E-state index is 13.5. The normalized spacial score (nSPS) is 10.6. The van der Waals surface area contributed by atoms with E-state index in [-0.39, 0.29) is 11.5 Å². The zero-order valence-electron chi connectivity index (χ0n) is 9.82. The minimum atomic E-state index is -0.544. The van der Waals surface area contributed by atoms with Crippen molar-refractivity contribution in [2.45, 2.75) is 13.8 Å². The van der Waals surface area contributed by atoms with Crippen LogP contribution in [-0.2, 0) is 7.05 Å². The van der Waals surface area contributed by atoms with Gasteiger partial charge in [-0.05, 0) is 13.8 Å². The second kappa shape index (κ2) is 4.10. The molecule has 0 saturated carbocycles. The van der Waals surface area contributed by atoms with Crippen molar-refractivity contribution in [2.75, 3.05) is 5.43 Å². The van der Waals surface area contributed by atoms with Gasteiger partial charge in [0.15, 0.2) is 17.5 Å². The summed E-state index contributed by atoms with van der Waals surface area (Å²) in [4.78, 5) is 8.11. The Morgan fingerprint density at radius 2 is 2.06 bits per heavy atom. The third-order valence-electron chi connectivity index (χ3n) is 2.63. The molecular formula is C10H13FN6. The molecule has 2 heterocycles. The number of nitrogens with zero attached hydrogens (tertiary/aromatic N) is 4. The topological polar surface area (TPSA) is 81.7 Å². The highest BCUT2D eigenvalue weighted by molar-refractivity contribution is 5.59. The highest BCUT2D eigenvalue weighted by Gasteiger charge is 2.15. The fraction of sp³-hybridized carbons (Fsp3) is 0.300. The molecule has 3 N–H and O–H groups in total. The molecule has 0 bridgehead atoms. The van der Waals surface area contributed by atoms with E-state index < -0.39 is 5.82 Å². The molecule has 0 aliphatic carbocycles. The molecule has 0 fully saturated rings. The molecule has 0 spiro atoms. The Morgan fingerprint density at radius 3 is 2.59 bits per heavy atom. The summed E-state index contributed by atoms with van der Waals surface area (Å²) in [6, 6.07) is 0. The molecule has 2 rings (SSSR count). The Kier molecular flexibility index (Phi) is 2.76. The summed E-state index contributed by atoms with van der Waals surface area (Å²) in [6.45, 7) is 3.45. The Hall–Kier alpha value is -2.02. The van der Waals surface area contributed by atoms with Crippen molar-refractivity contribution < 1.29 is 4.39 Å². The molecule has 0 radical (unpaired) electrons. The third-order valence-corrected chi connectivity index (χ3v) is 2.63. The van der Waals surface area contributed by atoms with Crippen molar-refractivity contribution in [3.63, 3.8) is 0 Å². The van der Waals surface area contributed by atoms with E-state index in [0.29, 0.717) is 5.82 Å². The summed E-state index contributed by atoms with van der Waals surface area (Å²) in [7, 11) is 1.82. The van der Waals surface area contributed by atoms with E-state index in [4.69, 9.17) is 5.84 Å². The van der Waals surface area contributed by atoms with Gasteiger partial charge in [0.2, 0.25) is 0 Å². The average Bonchev–Trinajstić information content (AvgIpc) is 2.64. The lowest BCUT2D eigenvalue weighted by Gasteiger charge is -2.06. The van der Waals surface area contributed by atoms with Crippen LogP contribution in [0.4, 0.5) is 10.2 Å². The monoisotopic (exact) mass is 236 g/mol. The van der Waals surface area contributed by atoms with Crippen LogP contribution < -0.4 is 11.3 Å². The first kappa shape index (κ1) is 11.5. The van der Waals surface area contributed by atoms with Gasteiger partial charge in [-0.3, -0.25) is 4.68 Å². The van der Waals surface area contributed by atoms with Crippen LogP contribution in [0.5, 0.6) is 0 Å². The van der Waals surface area contributed by atoms with Gasteiger partial charge in [0.05, 0.1) is 17.5 Å². The number of hydrogen-bond donors (Lipinski definition) is 2. The summed E-state index contributed by atoms with van der Waals surface area (Å²) < 4.78 is 15.2. The maximum Gasteiger partial charge on any atom is 0.187 e. The van der Waals surface area contributed by atoms with E-state index in [9.17, 15) is 4.39 Å². The van der Waals surface area contributed by atoms with Crippen LogP contribution in [0.15, 0.2) is 6.20 Å². The van der Waals surface area contributed by atoms with E-state index in [2.05, 4.69) is 20.5 Å². The smallest absolute Gasteiger partial charge is 0.187 e. The number of nitrogens with two attached hydrogens (primary N) is 1. The van der Waals surface area contributed by atoms with Crippen LogP contribution in [0.2, 0.25) is 0 Å². The predicted octanol–water partition coefficient (Wildman–Crippen LogP) is 0.919. The number of rotatable bonds is 2. The van der Waals surface area contributed by atoms with Gasteiger partial charge in [0.25, 0.3) is 0 Å². The first-order valence-electron chi connectivity index (χ1n) is 5.04. The van der Waals surface area contributed by atoms with E-state index in [0.717, 1.165) is 11.3 Å². The Balaban J connectivity index is 2.61. The minimum Gasteiger partial charge on any atom is -0.306 e. The van der Waals surface area contributed by atoms with Gasteiger partial charge < -0.3 is 5.43 Å². The largest absolute Gasteiger partial charge is 0.306 e. The lowest BCUT2D eigenvalue weighted by molar-refractivity contribution is 0.606. The zero-order chi connectivity index (χ0) is 12.6. The fourth-order valence-corrected chi connectivity index (χ4v) is 1.49. The highest BCUT2D eigenvalue weighted by atomic mass is 19.1. The number of halogens is 1. The van der Waals surface area contributed by atoms with Crippen molar-refractivity contribution in [3.8, 4) is 11.4 Å². The molecule has 17 heavy (non-hydrogen) atoms. The number of nitrogens with one attached hydrogen (secondary N) is 1. The Morgan fingerprint density at radius 1 is 1.35 bits per heavy atom. The van der Waals surface area contributed by atoms with Crippen LogP contribution >= 0.6 is 0 Å². The molecule has 6 nitrogen and oxygen atoms in total. The van der Waals surface area contributed by atoms with Crippen molar-refractivity contribution in [2.24, 2.45) is 12.9 Å². The molecule has 0 aliphatic rings. The number of nitrogen functional groups attached to an aromatic ring is 1. The quantitative estimate of drug-likeness (QED) is 0.598. The highest BCUT2D eigenvalue weighted by Crippen LogP contribution is 2.22. The number of aryl methyl sites for hydroxylation is 2. The van der Waals surface area contributed by atoms with Crippen LogP contribution in [0.3, 0.4) is 0 Å². The third kappa shape index (κ3) is 1.84. The zero-order valence-corrected chi connectivity index (χ0v) is 9.82. The van der Waals surface area contributed by atoms with Gasteiger partial charge in [0.1, 0.15) is 0 Å². The van der Waals surface area contributed by atoms with Gasteiger partial charge in [-0.1, -0.05) is 0 Å². The standard InChI is InChI=1S/C10H13FN6/c1-5-8(11)10(16-12)15-9(14-5)7-4-13-17(3)6(7)2/h4H,12H2,1-3H3,(H,14,15,16). The van der Waals surface area contributed by atoms with Crippen LogP contribution in [0.25, 0.3) is 11.4 Å². The molecule has 0 unspecified atom stereocenters. The van der Waals surface area contributed by atoms with Crippen LogP contribution in [0.1, 0.15) is 11.4 Å². The second-order valence-electron chi connectivity index (χ2n) is 3.71. The van der Waals surface area contributed by atoms with Crippen molar-refractivity contribution in [1.82, 2.24) is 19.7 Å². The molecule has 90 valence electrons. The summed E-state index contributed by atoms with van der Waals surface area (Å²) in [5.41, 5.74) is 4.12. The molecule has 0 aromatic carbocycles. The van der Waals surface area contributed by atoms with Gasteiger partial charge >= 0.3 is 0 Å². The first-order chi connectivity index (χ1) is 8.04. The molecule has 0 amide bonds. The maximum atomic E-state index is 13.5. The predicted molar refractivity (Wildman–Crippen MR) is 61.5 cm³/mol. The number of aromatic nitrogens is 4. The van der Waals surface area contributed by atoms with Gasteiger partial charge in [0, 0.05) is 12.7 Å². The van der Waals surface area contributed by atoms with E-state index in [1.807, 2.05) is 14.0 Å². The number of anilines is 1. The molecule has 2 aromatic heterocycles. The Labute approximate surface area is 97.7 Å². The molecule has 2 aromatic rings. The summed E-state index contributed by atoms with van der Waals surface area (Å²) in [5.74, 6) is 5.05. The molecular weight excluding hydrogens is 223 g/mol. The summed E-state index contributed by atoms with van der Waals surface area (Å²) in [5, 5.41) is 4.09. The second-order valence-corrected chi connectivity index (χ2v) is 3.71. The SMILES string of the molecule is Cc1nc(-c2cnn(C)c2C)nc(NN)c1F. The van der Waals surface area contributed by atoms with Crippen LogP contribution in [0, 0.1) is 19.7 Å². The van der Waals surface area contributed by atoms with Gasteiger partial charge in [-0.2, -0.15) is 5.10 Å². The number of hydrazine groups is 1. The van der Waals surface area contributed by atoms with Crippen molar-refractivity contribution in [1.29, 1.82) is 0 Å². The number of hydrogen-bond acceptors (Lipinski definition) is 5. The first-order valence-corrected chi connectivity index (χ1v) is 5.04. The molecule has 7 heteroatoms. The molecule has 0 aliphatic heterocycles. The van der Waals surface area contributed by atoms with Gasteiger partial charge in [-0.15, -0.1) is 0 Å². The lowest BCUT2D eigenvalue weighted by atomic mass is 10.2. The van der Waals surface area contributed by atoms with E-state index in [1.54, 1.807) is 17.8 Å². The van der Waals surface area contributed by atoms with Crippen molar-refractivity contribution >= 4 is 5.82 Å².